The van der Waals surface area contributed by atoms with Gasteiger partial charge in [0.2, 0.25) is 0 Å². The minimum atomic E-state index is 0.426. The number of benzene rings is 9. The van der Waals surface area contributed by atoms with Gasteiger partial charge in [0.15, 0.2) is 0 Å². The Morgan fingerprint density at radius 3 is 1.92 bits per heavy atom. The first-order valence-electron chi connectivity index (χ1n) is 20.2. The van der Waals surface area contributed by atoms with Crippen LogP contribution in [-0.2, 0) is 0 Å². The molecule has 0 spiro atoms. The highest BCUT2D eigenvalue weighted by molar-refractivity contribution is 7.99. The van der Waals surface area contributed by atoms with Gasteiger partial charge in [-0.2, -0.15) is 0 Å². The molecule has 284 valence electrons. The Bertz CT molecular complexity index is 3260. The van der Waals surface area contributed by atoms with E-state index < -0.39 is 0 Å². The predicted molar refractivity (Wildman–Crippen MR) is 254 cm³/mol. The first-order valence-corrected chi connectivity index (χ1v) is 21.0. The molecule has 1 aliphatic rings. The van der Waals surface area contributed by atoms with Crippen molar-refractivity contribution in [1.29, 1.82) is 5.41 Å². The number of nitrogens with zero attached hydrogens (tertiary/aromatic N) is 2. The molecule has 0 amide bonds. The van der Waals surface area contributed by atoms with Crippen LogP contribution in [0.15, 0.2) is 228 Å². The molecule has 9 aromatic carbocycles. The van der Waals surface area contributed by atoms with Crippen LogP contribution in [0, 0.1) is 5.41 Å². The van der Waals surface area contributed by atoms with Crippen molar-refractivity contribution in [1.82, 2.24) is 4.68 Å². The largest absolute Gasteiger partial charge is 0.308 e. The van der Waals surface area contributed by atoms with Gasteiger partial charge in [-0.25, -0.2) is 0 Å². The van der Waals surface area contributed by atoms with Gasteiger partial charge in [0.25, 0.3) is 0 Å². The fraction of sp³-hybridized carbons (Fsp3) is 0. The summed E-state index contributed by atoms with van der Waals surface area (Å²) in [5, 5.41) is 14.0. The molecule has 2 N–H and O–H groups in total. The van der Waals surface area contributed by atoms with Gasteiger partial charge in [0.05, 0.1) is 33.8 Å². The van der Waals surface area contributed by atoms with E-state index in [2.05, 4.69) is 191 Å². The zero-order chi connectivity index (χ0) is 40.0. The number of para-hydroxylation sites is 2. The van der Waals surface area contributed by atoms with Crippen LogP contribution >= 0.6 is 11.8 Å². The number of hydrogen-bond acceptors (Lipinski definition) is 4. The number of aromatic nitrogens is 1. The highest BCUT2D eigenvalue weighted by atomic mass is 32.2. The molecule has 4 nitrogen and oxygen atoms in total. The Hall–Kier alpha value is -7.60. The Kier molecular flexibility index (Phi) is 8.87. The third kappa shape index (κ3) is 6.33. The summed E-state index contributed by atoms with van der Waals surface area (Å²) in [6.45, 7) is 0. The van der Waals surface area contributed by atoms with Crippen molar-refractivity contribution < 1.29 is 0 Å². The van der Waals surface area contributed by atoms with Gasteiger partial charge in [-0.05, 0) is 98.8 Å². The predicted octanol–water partition coefficient (Wildman–Crippen LogP) is 14.9. The van der Waals surface area contributed by atoms with Crippen LogP contribution in [0.2, 0.25) is 0 Å². The van der Waals surface area contributed by atoms with Crippen LogP contribution in [0.3, 0.4) is 0 Å². The monoisotopic (exact) mass is 786 g/mol. The van der Waals surface area contributed by atoms with Gasteiger partial charge in [0.1, 0.15) is 0 Å². The molecule has 2 heterocycles. The third-order valence-corrected chi connectivity index (χ3v) is 12.6. The van der Waals surface area contributed by atoms with E-state index in [9.17, 15) is 5.41 Å². The maximum atomic E-state index is 9.26. The number of rotatable bonds is 8. The average Bonchev–Trinajstić information content (AvgIpc) is 3.63. The van der Waals surface area contributed by atoms with E-state index in [4.69, 9.17) is 0 Å². The minimum Gasteiger partial charge on any atom is -0.308 e. The molecule has 1 aliphatic heterocycles. The molecule has 0 radical (unpaired) electrons. The summed E-state index contributed by atoms with van der Waals surface area (Å²) in [4.78, 5) is 4.81. The molecule has 10 aromatic rings. The fourth-order valence-corrected chi connectivity index (χ4v) is 9.60. The Balaban J connectivity index is 1.07. The summed E-state index contributed by atoms with van der Waals surface area (Å²) >= 11 is 1.82. The molecule has 0 saturated heterocycles. The third-order valence-electron chi connectivity index (χ3n) is 11.4. The molecule has 5 heteroatoms. The lowest BCUT2D eigenvalue weighted by Gasteiger charge is -2.33. The zero-order valence-electron chi connectivity index (χ0n) is 32.6. The summed E-state index contributed by atoms with van der Waals surface area (Å²) < 4.78 is 2.22. The van der Waals surface area contributed by atoms with E-state index in [1.807, 2.05) is 54.2 Å². The van der Waals surface area contributed by atoms with Crippen molar-refractivity contribution in [3.8, 4) is 22.3 Å². The van der Waals surface area contributed by atoms with Crippen molar-refractivity contribution in [2.45, 2.75) is 9.79 Å². The van der Waals surface area contributed by atoms with Crippen LogP contribution in [-0.4, -0.2) is 10.4 Å². The number of anilines is 3. The Labute approximate surface area is 353 Å². The van der Waals surface area contributed by atoms with Crippen molar-refractivity contribution >= 4 is 72.8 Å². The van der Waals surface area contributed by atoms with E-state index in [0.29, 0.717) is 5.71 Å². The first-order chi connectivity index (χ1) is 29.7. The number of allylic oxidation sites excluding steroid dienone is 1. The summed E-state index contributed by atoms with van der Waals surface area (Å²) in [5.74, 6) is 0. The van der Waals surface area contributed by atoms with E-state index in [-0.39, 0.29) is 0 Å². The van der Waals surface area contributed by atoms with Crippen molar-refractivity contribution in [2.24, 2.45) is 0 Å². The van der Waals surface area contributed by atoms with Gasteiger partial charge < -0.3 is 10.3 Å². The molecule has 0 saturated carbocycles. The summed E-state index contributed by atoms with van der Waals surface area (Å²) in [7, 11) is 0. The molecular weight excluding hydrogens is 749 g/mol. The molecular formula is C55H38N4S. The van der Waals surface area contributed by atoms with Crippen LogP contribution < -0.4 is 10.3 Å². The van der Waals surface area contributed by atoms with Gasteiger partial charge in [-0.15, -0.1) is 0 Å². The standard InChI is InChI=1S/C55H38N4S/c56-47(40-17-6-2-7-18-40)36-48(41-26-24-38(25-27-41)37-14-4-1-5-15-37)57-59-51-33-29-39-16-10-11-21-45(39)55(51)46-31-28-42(34-52(46)59)43-30-32-50-54(35-43)60-53-23-13-12-22-49(53)58(50)44-19-8-3-9-20-44/h1-36,56-57H/b48-36-,56-47?. The second kappa shape index (κ2) is 15.0. The quantitative estimate of drug-likeness (QED) is 0.151. The van der Waals surface area contributed by atoms with Crippen molar-refractivity contribution in [2.75, 3.05) is 10.3 Å². The zero-order valence-corrected chi connectivity index (χ0v) is 33.4. The minimum absolute atomic E-state index is 0.426. The topological polar surface area (TPSA) is 44.1 Å². The normalized spacial score (nSPS) is 12.4. The highest BCUT2D eigenvalue weighted by Gasteiger charge is 2.25. The van der Waals surface area contributed by atoms with E-state index in [1.165, 1.54) is 42.9 Å². The lowest BCUT2D eigenvalue weighted by Crippen LogP contribution is -2.15. The van der Waals surface area contributed by atoms with Crippen LogP contribution in [0.5, 0.6) is 0 Å². The molecule has 1 aromatic heterocycles. The molecule has 0 aliphatic carbocycles. The summed E-state index contributed by atoms with van der Waals surface area (Å²) in [5.41, 5.74) is 17.2. The maximum absolute atomic E-state index is 9.26. The number of nitrogens with one attached hydrogen (secondary N) is 2. The average molecular weight is 787 g/mol. The lowest BCUT2D eigenvalue weighted by atomic mass is 10.0. The molecule has 0 fully saturated rings. The fourth-order valence-electron chi connectivity index (χ4n) is 8.50. The smallest absolute Gasteiger partial charge is 0.0716 e. The Morgan fingerprint density at radius 2 is 1.10 bits per heavy atom. The maximum Gasteiger partial charge on any atom is 0.0716 e. The number of hydrogen-bond donors (Lipinski definition) is 2. The second-order valence-corrected chi connectivity index (χ2v) is 16.1. The van der Waals surface area contributed by atoms with Gasteiger partial charge >= 0.3 is 0 Å². The van der Waals surface area contributed by atoms with Gasteiger partial charge in [0, 0.05) is 26.3 Å². The SMILES string of the molecule is N=C(/C=C(\Nn1c2cc(-c3ccc4c(c3)Sc3ccccc3N4c3ccccc3)ccc2c2c3ccccc3ccc21)c1ccc(-c2ccccc2)cc1)c1ccccc1. The van der Waals surface area contributed by atoms with Crippen molar-refractivity contribution in [3.63, 3.8) is 0 Å². The van der Waals surface area contributed by atoms with E-state index in [0.717, 1.165) is 55.6 Å². The van der Waals surface area contributed by atoms with E-state index in [1.54, 1.807) is 0 Å². The van der Waals surface area contributed by atoms with Crippen LogP contribution in [0.4, 0.5) is 17.1 Å². The molecule has 11 rings (SSSR count). The van der Waals surface area contributed by atoms with Crippen LogP contribution in [0.1, 0.15) is 11.1 Å². The summed E-state index contributed by atoms with van der Waals surface area (Å²) in [6, 6.07) is 75.0. The highest BCUT2D eigenvalue weighted by Crippen LogP contribution is 2.52. The van der Waals surface area contributed by atoms with E-state index >= 15 is 0 Å². The molecule has 0 unspecified atom stereocenters. The second-order valence-electron chi connectivity index (χ2n) is 15.1. The summed E-state index contributed by atoms with van der Waals surface area (Å²) in [6.07, 6.45) is 1.95. The molecule has 0 atom stereocenters. The molecule has 0 bridgehead atoms. The molecule has 60 heavy (non-hydrogen) atoms. The lowest BCUT2D eigenvalue weighted by molar-refractivity contribution is 1.06. The van der Waals surface area contributed by atoms with Crippen molar-refractivity contribution in [3.05, 3.63) is 230 Å². The Morgan fingerprint density at radius 1 is 0.467 bits per heavy atom. The first kappa shape index (κ1) is 35.6. The number of fused-ring (bicyclic) bond motifs is 7. The van der Waals surface area contributed by atoms with Gasteiger partial charge in [-0.1, -0.05) is 176 Å². The van der Waals surface area contributed by atoms with Crippen LogP contribution in [0.25, 0.3) is 60.5 Å². The van der Waals surface area contributed by atoms with Gasteiger partial charge in [-0.3, -0.25) is 10.1 Å².